The third-order valence-corrected chi connectivity index (χ3v) is 4.57. The van der Waals surface area contributed by atoms with Crippen LogP contribution in [-0.2, 0) is 14.3 Å². The molecule has 0 saturated carbocycles. The second-order valence-corrected chi connectivity index (χ2v) is 7.97. The number of aliphatic hydroxyl groups is 1. The number of esters is 1. The van der Waals surface area contributed by atoms with Crippen LogP contribution in [0.5, 0.6) is 0 Å². The fourth-order valence-electron chi connectivity index (χ4n) is 3.47. The molecule has 144 valence electrons. The average Bonchev–Trinajstić information content (AvgIpc) is 2.49. The van der Waals surface area contributed by atoms with Crippen molar-refractivity contribution in [2.75, 3.05) is 6.61 Å². The molecule has 0 amide bonds. The standard InChI is InChI=1S/C18H31NO6/c1-17(2)11-13(12-18(3,4)19(17)24)16(23)25-10-6-5-7-14(20)8-9-15(21)22/h8-9,13-14,20,24H,5-7,10-12H2,1-4H3,(H,21,22). The molecule has 1 aliphatic rings. The zero-order valence-corrected chi connectivity index (χ0v) is 15.6. The maximum Gasteiger partial charge on any atom is 0.328 e. The Morgan fingerprint density at radius 2 is 1.76 bits per heavy atom. The first-order valence-electron chi connectivity index (χ1n) is 8.71. The Labute approximate surface area is 149 Å². The summed E-state index contributed by atoms with van der Waals surface area (Å²) in [5, 5.41) is 29.6. The summed E-state index contributed by atoms with van der Waals surface area (Å²) in [6.07, 6.45) is 4.07. The Bertz CT molecular complexity index is 482. The predicted octanol–water partition coefficient (Wildman–Crippen LogP) is 2.36. The lowest BCUT2D eigenvalue weighted by Crippen LogP contribution is -2.60. The van der Waals surface area contributed by atoms with Crippen molar-refractivity contribution in [3.05, 3.63) is 12.2 Å². The van der Waals surface area contributed by atoms with Crippen LogP contribution in [0.1, 0.15) is 59.8 Å². The molecule has 0 spiro atoms. The van der Waals surface area contributed by atoms with E-state index in [0.717, 1.165) is 6.08 Å². The summed E-state index contributed by atoms with van der Waals surface area (Å²) in [6.45, 7) is 7.88. The molecular weight excluding hydrogens is 326 g/mol. The Morgan fingerprint density at radius 1 is 1.20 bits per heavy atom. The van der Waals surface area contributed by atoms with Crippen LogP contribution in [0, 0.1) is 5.92 Å². The first kappa shape index (κ1) is 21.6. The molecular formula is C18H31NO6. The average molecular weight is 357 g/mol. The van der Waals surface area contributed by atoms with Crippen molar-refractivity contribution in [1.82, 2.24) is 5.06 Å². The SMILES string of the molecule is CC1(C)CC(C(=O)OCCCCC(O)C=CC(=O)O)CC(C)(C)N1O. The minimum Gasteiger partial charge on any atom is -0.478 e. The van der Waals surface area contributed by atoms with E-state index < -0.39 is 23.2 Å². The number of rotatable bonds is 8. The number of aliphatic hydroxyl groups excluding tert-OH is 1. The maximum absolute atomic E-state index is 12.3. The topological polar surface area (TPSA) is 107 Å². The number of piperidine rings is 1. The Hall–Kier alpha value is -1.44. The van der Waals surface area contributed by atoms with Gasteiger partial charge < -0.3 is 20.2 Å². The summed E-state index contributed by atoms with van der Waals surface area (Å²) in [6, 6.07) is 0. The minimum absolute atomic E-state index is 0.249. The summed E-state index contributed by atoms with van der Waals surface area (Å²) >= 11 is 0. The fourth-order valence-corrected chi connectivity index (χ4v) is 3.47. The van der Waals surface area contributed by atoms with E-state index in [1.54, 1.807) is 0 Å². The van der Waals surface area contributed by atoms with Gasteiger partial charge in [-0.05, 0) is 65.9 Å². The molecule has 1 saturated heterocycles. The lowest BCUT2D eigenvalue weighted by molar-refractivity contribution is -0.251. The number of carboxylic acids is 1. The number of aliphatic carboxylic acids is 1. The molecule has 1 atom stereocenters. The van der Waals surface area contributed by atoms with Gasteiger partial charge >= 0.3 is 11.9 Å². The third kappa shape index (κ3) is 6.76. The number of carboxylic acid groups (broad SMARTS) is 1. The highest BCUT2D eigenvalue weighted by molar-refractivity contribution is 5.79. The number of hydroxylamine groups is 2. The lowest BCUT2D eigenvalue weighted by Gasteiger charge is -2.50. The Kier molecular flexibility index (Phi) is 7.59. The molecule has 0 radical (unpaired) electrons. The maximum atomic E-state index is 12.3. The number of carbonyl (C=O) groups excluding carboxylic acids is 1. The molecule has 7 heteroatoms. The molecule has 0 aliphatic carbocycles. The minimum atomic E-state index is -1.09. The van der Waals surface area contributed by atoms with Gasteiger partial charge in [-0.3, -0.25) is 4.79 Å². The molecule has 0 aromatic heterocycles. The van der Waals surface area contributed by atoms with Crippen molar-refractivity contribution in [2.45, 2.75) is 77.0 Å². The molecule has 1 rings (SSSR count). The highest BCUT2D eigenvalue weighted by Crippen LogP contribution is 2.40. The van der Waals surface area contributed by atoms with E-state index in [0.29, 0.717) is 32.1 Å². The zero-order chi connectivity index (χ0) is 19.3. The largest absolute Gasteiger partial charge is 0.478 e. The van der Waals surface area contributed by atoms with Crippen molar-refractivity contribution in [3.8, 4) is 0 Å². The summed E-state index contributed by atoms with van der Waals surface area (Å²) in [7, 11) is 0. The van der Waals surface area contributed by atoms with Gasteiger partial charge in [0.15, 0.2) is 0 Å². The van der Waals surface area contributed by atoms with Crippen LogP contribution < -0.4 is 0 Å². The van der Waals surface area contributed by atoms with E-state index in [9.17, 15) is 19.9 Å². The second kappa shape index (κ2) is 8.78. The van der Waals surface area contributed by atoms with Crippen LogP contribution in [0.3, 0.4) is 0 Å². The van der Waals surface area contributed by atoms with Gasteiger partial charge in [0.1, 0.15) is 0 Å². The summed E-state index contributed by atoms with van der Waals surface area (Å²) in [4.78, 5) is 22.6. The van der Waals surface area contributed by atoms with E-state index in [1.807, 2.05) is 27.7 Å². The van der Waals surface area contributed by atoms with Crippen LogP contribution in [0.25, 0.3) is 0 Å². The summed E-state index contributed by atoms with van der Waals surface area (Å²) < 4.78 is 5.35. The zero-order valence-electron chi connectivity index (χ0n) is 15.6. The van der Waals surface area contributed by atoms with E-state index in [4.69, 9.17) is 9.84 Å². The highest BCUT2D eigenvalue weighted by Gasteiger charge is 2.47. The number of unbranched alkanes of at least 4 members (excludes halogenated alkanes) is 1. The monoisotopic (exact) mass is 357 g/mol. The van der Waals surface area contributed by atoms with Crippen LogP contribution in [0.4, 0.5) is 0 Å². The fraction of sp³-hybridized carbons (Fsp3) is 0.778. The third-order valence-electron chi connectivity index (χ3n) is 4.57. The molecule has 0 bridgehead atoms. The Morgan fingerprint density at radius 3 is 2.28 bits per heavy atom. The number of hydrogen-bond acceptors (Lipinski definition) is 6. The molecule has 7 nitrogen and oxygen atoms in total. The van der Waals surface area contributed by atoms with Crippen LogP contribution in [-0.4, -0.2) is 56.2 Å². The van der Waals surface area contributed by atoms with Crippen molar-refractivity contribution < 1.29 is 29.7 Å². The van der Waals surface area contributed by atoms with Crippen LogP contribution in [0.2, 0.25) is 0 Å². The Balaban J connectivity index is 2.34. The van der Waals surface area contributed by atoms with E-state index in [1.165, 1.54) is 11.1 Å². The lowest BCUT2D eigenvalue weighted by atomic mass is 9.75. The molecule has 0 aromatic rings. The predicted molar refractivity (Wildman–Crippen MR) is 92.1 cm³/mol. The van der Waals surface area contributed by atoms with Gasteiger partial charge in [0, 0.05) is 17.2 Å². The summed E-state index contributed by atoms with van der Waals surface area (Å²) in [5.74, 6) is -1.59. The van der Waals surface area contributed by atoms with Gasteiger partial charge in [0.2, 0.25) is 0 Å². The van der Waals surface area contributed by atoms with Crippen molar-refractivity contribution in [3.63, 3.8) is 0 Å². The molecule has 25 heavy (non-hydrogen) atoms. The number of carbonyl (C=O) groups is 2. The van der Waals surface area contributed by atoms with Gasteiger partial charge in [0.05, 0.1) is 18.6 Å². The van der Waals surface area contributed by atoms with Crippen molar-refractivity contribution in [1.29, 1.82) is 0 Å². The smallest absolute Gasteiger partial charge is 0.328 e. The second-order valence-electron chi connectivity index (χ2n) is 7.97. The molecule has 1 fully saturated rings. The molecule has 3 N–H and O–H groups in total. The van der Waals surface area contributed by atoms with Crippen LogP contribution in [0.15, 0.2) is 12.2 Å². The first-order chi connectivity index (χ1) is 11.5. The normalized spacial score (nSPS) is 22.0. The van der Waals surface area contributed by atoms with Gasteiger partial charge in [-0.1, -0.05) is 0 Å². The molecule has 1 heterocycles. The van der Waals surface area contributed by atoms with E-state index in [-0.39, 0.29) is 18.5 Å². The summed E-state index contributed by atoms with van der Waals surface area (Å²) in [5.41, 5.74) is -0.988. The number of ether oxygens (including phenoxy) is 1. The van der Waals surface area contributed by atoms with E-state index >= 15 is 0 Å². The van der Waals surface area contributed by atoms with E-state index in [2.05, 4.69) is 0 Å². The van der Waals surface area contributed by atoms with Crippen LogP contribution >= 0.6 is 0 Å². The number of nitrogens with zero attached hydrogens (tertiary/aromatic N) is 1. The van der Waals surface area contributed by atoms with Gasteiger partial charge in [-0.25, -0.2) is 4.79 Å². The molecule has 1 unspecified atom stereocenters. The van der Waals surface area contributed by atoms with Crippen molar-refractivity contribution in [2.24, 2.45) is 5.92 Å². The molecule has 1 aliphatic heterocycles. The number of hydrogen-bond donors (Lipinski definition) is 3. The first-order valence-corrected chi connectivity index (χ1v) is 8.71. The van der Waals surface area contributed by atoms with Crippen molar-refractivity contribution >= 4 is 11.9 Å². The highest BCUT2D eigenvalue weighted by atomic mass is 16.5. The van der Waals surface area contributed by atoms with Gasteiger partial charge in [-0.2, -0.15) is 5.06 Å². The quantitative estimate of drug-likeness (QED) is 0.348. The van der Waals surface area contributed by atoms with Gasteiger partial charge in [-0.15, -0.1) is 0 Å². The molecule has 0 aromatic carbocycles. The van der Waals surface area contributed by atoms with Gasteiger partial charge in [0.25, 0.3) is 0 Å².